The van der Waals surface area contributed by atoms with Crippen molar-refractivity contribution >= 4 is 17.9 Å². The molecular weight excluding hydrogens is 192 g/mol. The largest absolute Gasteiger partial charge is 0.481 e. The lowest BCUT2D eigenvalue weighted by atomic mass is 10.2. The van der Waals surface area contributed by atoms with E-state index < -0.39 is 30.4 Å². The van der Waals surface area contributed by atoms with Gasteiger partial charge in [0, 0.05) is 6.42 Å². The van der Waals surface area contributed by atoms with Gasteiger partial charge < -0.3 is 14.9 Å². The molecule has 1 atom stereocenters. The van der Waals surface area contributed by atoms with E-state index in [9.17, 15) is 14.4 Å². The Morgan fingerprint density at radius 1 is 1.29 bits per heavy atom. The first-order valence-corrected chi connectivity index (χ1v) is 4.11. The summed E-state index contributed by atoms with van der Waals surface area (Å²) in [4.78, 5) is 31.5. The van der Waals surface area contributed by atoms with Crippen LogP contribution in [0.4, 0.5) is 0 Å². The Morgan fingerprint density at radius 2 is 1.86 bits per heavy atom. The van der Waals surface area contributed by atoms with E-state index >= 15 is 0 Å². The normalized spacial score (nSPS) is 11.8. The molecule has 80 valence electrons. The monoisotopic (exact) mass is 204 g/mol. The third kappa shape index (κ3) is 5.13. The number of hydrogen-bond acceptors (Lipinski definition) is 4. The van der Waals surface area contributed by atoms with E-state index in [1.165, 1.54) is 0 Å². The maximum Gasteiger partial charge on any atom is 0.345 e. The molecular formula is C8H12O6. The lowest BCUT2D eigenvalue weighted by Gasteiger charge is -2.10. The second-order valence-electron chi connectivity index (χ2n) is 2.66. The van der Waals surface area contributed by atoms with Gasteiger partial charge in [0.05, 0.1) is 6.42 Å². The molecule has 0 amide bonds. The van der Waals surface area contributed by atoms with Gasteiger partial charge in [-0.25, -0.2) is 4.79 Å². The van der Waals surface area contributed by atoms with E-state index in [-0.39, 0.29) is 6.42 Å². The Bertz CT molecular complexity index is 234. The summed E-state index contributed by atoms with van der Waals surface area (Å²) in [5.74, 6) is -3.46. The topological polar surface area (TPSA) is 101 Å². The lowest BCUT2D eigenvalue weighted by Crippen LogP contribution is -2.29. The molecule has 0 heterocycles. The van der Waals surface area contributed by atoms with Crippen LogP contribution in [0.15, 0.2) is 0 Å². The Hall–Kier alpha value is -1.59. The minimum atomic E-state index is -1.59. The number of hydrogen-bond donors (Lipinski definition) is 2. The average Bonchev–Trinajstić information content (AvgIpc) is 2.02. The standard InChI is InChI=1S/C8H12O6/c1-2-3-7(11)14-5(8(12)13)4-6(9)10/h5H,2-4H2,1H3,(H,9,10)(H,12,13). The van der Waals surface area contributed by atoms with Crippen molar-refractivity contribution in [3.8, 4) is 0 Å². The number of carbonyl (C=O) groups excluding carboxylic acids is 1. The summed E-state index contributed by atoms with van der Waals surface area (Å²) in [6, 6.07) is 0. The van der Waals surface area contributed by atoms with Crippen molar-refractivity contribution < 1.29 is 29.3 Å². The maximum atomic E-state index is 10.9. The van der Waals surface area contributed by atoms with E-state index in [4.69, 9.17) is 10.2 Å². The maximum absolute atomic E-state index is 10.9. The van der Waals surface area contributed by atoms with Crippen molar-refractivity contribution in [3.63, 3.8) is 0 Å². The molecule has 2 N–H and O–H groups in total. The summed E-state index contributed by atoms with van der Waals surface area (Å²) in [6.45, 7) is 1.73. The van der Waals surface area contributed by atoms with Crippen LogP contribution in [-0.4, -0.2) is 34.2 Å². The zero-order valence-corrected chi connectivity index (χ0v) is 7.73. The van der Waals surface area contributed by atoms with Gasteiger partial charge in [0.25, 0.3) is 0 Å². The number of ether oxygens (including phenoxy) is 1. The fraction of sp³-hybridized carbons (Fsp3) is 0.625. The number of esters is 1. The number of aliphatic carboxylic acids is 2. The number of rotatable bonds is 6. The summed E-state index contributed by atoms with van der Waals surface area (Å²) >= 11 is 0. The molecule has 0 spiro atoms. The molecule has 0 aliphatic rings. The highest BCUT2D eigenvalue weighted by Crippen LogP contribution is 2.02. The smallest absolute Gasteiger partial charge is 0.345 e. The summed E-state index contributed by atoms with van der Waals surface area (Å²) in [7, 11) is 0. The summed E-state index contributed by atoms with van der Waals surface area (Å²) in [6.07, 6.45) is -1.70. The first kappa shape index (κ1) is 12.4. The predicted octanol–water partition coefficient (Wildman–Crippen LogP) is 0.258. The van der Waals surface area contributed by atoms with Gasteiger partial charge in [0.1, 0.15) is 0 Å². The molecule has 0 fully saturated rings. The van der Waals surface area contributed by atoms with Crippen LogP contribution in [0.2, 0.25) is 0 Å². The lowest BCUT2D eigenvalue weighted by molar-refractivity contribution is -0.167. The van der Waals surface area contributed by atoms with Crippen LogP contribution in [0.3, 0.4) is 0 Å². The molecule has 6 nitrogen and oxygen atoms in total. The molecule has 0 saturated carbocycles. The molecule has 0 radical (unpaired) electrons. The van der Waals surface area contributed by atoms with Crippen molar-refractivity contribution in [1.29, 1.82) is 0 Å². The minimum Gasteiger partial charge on any atom is -0.481 e. The van der Waals surface area contributed by atoms with Crippen molar-refractivity contribution in [2.75, 3.05) is 0 Å². The quantitative estimate of drug-likeness (QED) is 0.601. The first-order valence-electron chi connectivity index (χ1n) is 4.11. The van der Waals surface area contributed by atoms with Crippen LogP contribution in [0.25, 0.3) is 0 Å². The van der Waals surface area contributed by atoms with Crippen LogP contribution in [0, 0.1) is 0 Å². The average molecular weight is 204 g/mol. The third-order valence-electron chi connectivity index (χ3n) is 1.36. The van der Waals surface area contributed by atoms with E-state index in [1.807, 2.05) is 0 Å². The molecule has 0 aliphatic carbocycles. The fourth-order valence-corrected chi connectivity index (χ4v) is 0.760. The molecule has 6 heteroatoms. The Morgan fingerprint density at radius 3 is 2.21 bits per heavy atom. The molecule has 0 saturated heterocycles. The molecule has 0 aromatic heterocycles. The van der Waals surface area contributed by atoms with Crippen LogP contribution < -0.4 is 0 Å². The summed E-state index contributed by atoms with van der Waals surface area (Å²) < 4.78 is 4.44. The highest BCUT2D eigenvalue weighted by atomic mass is 16.6. The molecule has 0 aromatic carbocycles. The second-order valence-corrected chi connectivity index (χ2v) is 2.66. The van der Waals surface area contributed by atoms with E-state index in [0.717, 1.165) is 0 Å². The minimum absolute atomic E-state index is 0.0867. The van der Waals surface area contributed by atoms with Crippen molar-refractivity contribution in [2.45, 2.75) is 32.3 Å². The summed E-state index contributed by atoms with van der Waals surface area (Å²) in [5.41, 5.74) is 0. The molecule has 0 aromatic rings. The Kier molecular flexibility index (Phi) is 5.28. The van der Waals surface area contributed by atoms with Gasteiger partial charge >= 0.3 is 17.9 Å². The van der Waals surface area contributed by atoms with Crippen LogP contribution in [0.1, 0.15) is 26.2 Å². The molecule has 0 aliphatic heterocycles. The van der Waals surface area contributed by atoms with Gasteiger partial charge in [0.2, 0.25) is 6.10 Å². The van der Waals surface area contributed by atoms with Gasteiger partial charge in [-0.2, -0.15) is 0 Å². The van der Waals surface area contributed by atoms with Crippen LogP contribution >= 0.6 is 0 Å². The van der Waals surface area contributed by atoms with E-state index in [2.05, 4.69) is 4.74 Å². The molecule has 0 bridgehead atoms. The van der Waals surface area contributed by atoms with Gasteiger partial charge in [-0.05, 0) is 6.42 Å². The highest BCUT2D eigenvalue weighted by molar-refractivity contribution is 5.82. The zero-order valence-electron chi connectivity index (χ0n) is 7.73. The molecule has 14 heavy (non-hydrogen) atoms. The first-order chi connectivity index (χ1) is 6.47. The predicted molar refractivity (Wildman–Crippen MR) is 44.7 cm³/mol. The SMILES string of the molecule is CCCC(=O)OC(CC(=O)O)C(=O)O. The Balaban J connectivity index is 4.16. The number of carbonyl (C=O) groups is 3. The van der Waals surface area contributed by atoms with Gasteiger partial charge in [-0.15, -0.1) is 0 Å². The zero-order chi connectivity index (χ0) is 11.1. The number of carboxylic acid groups (broad SMARTS) is 2. The molecule has 0 rings (SSSR count). The van der Waals surface area contributed by atoms with E-state index in [0.29, 0.717) is 6.42 Å². The second kappa shape index (κ2) is 5.95. The molecule has 1 unspecified atom stereocenters. The van der Waals surface area contributed by atoms with Crippen molar-refractivity contribution in [2.24, 2.45) is 0 Å². The Labute approximate surface area is 80.5 Å². The van der Waals surface area contributed by atoms with Crippen molar-refractivity contribution in [1.82, 2.24) is 0 Å². The summed E-state index contributed by atoms with van der Waals surface area (Å²) in [5, 5.41) is 16.8. The van der Waals surface area contributed by atoms with Crippen molar-refractivity contribution in [3.05, 3.63) is 0 Å². The van der Waals surface area contributed by atoms with E-state index in [1.54, 1.807) is 6.92 Å². The van der Waals surface area contributed by atoms with Crippen LogP contribution in [-0.2, 0) is 19.1 Å². The van der Waals surface area contributed by atoms with Crippen LogP contribution in [0.5, 0.6) is 0 Å². The fourth-order valence-electron chi connectivity index (χ4n) is 0.760. The third-order valence-corrected chi connectivity index (χ3v) is 1.36. The van der Waals surface area contributed by atoms with Gasteiger partial charge in [0.15, 0.2) is 0 Å². The van der Waals surface area contributed by atoms with Gasteiger partial charge in [-0.1, -0.05) is 6.92 Å². The van der Waals surface area contributed by atoms with Gasteiger partial charge in [-0.3, -0.25) is 9.59 Å². The number of carboxylic acids is 2. The highest BCUT2D eigenvalue weighted by Gasteiger charge is 2.24.